The zero-order valence-corrected chi connectivity index (χ0v) is 5.92. The maximum absolute atomic E-state index is 12.0. The Bertz CT molecular complexity index is 160. The van der Waals surface area contributed by atoms with E-state index in [0.29, 0.717) is 0 Å². The fourth-order valence-corrected chi connectivity index (χ4v) is 0.420. The average molecular weight is 196 g/mol. The highest BCUT2D eigenvalue weighted by Crippen LogP contribution is 2.44. The summed E-state index contributed by atoms with van der Waals surface area (Å²) in [6.45, 7) is -2.65. The van der Waals surface area contributed by atoms with Gasteiger partial charge in [0.2, 0.25) is 0 Å². The molecule has 0 aromatic heterocycles. The van der Waals surface area contributed by atoms with Crippen molar-refractivity contribution in [3.05, 3.63) is 0 Å². The van der Waals surface area contributed by atoms with E-state index in [9.17, 15) is 26.3 Å². The minimum Gasteiger partial charge on any atom is -0.390 e. The van der Waals surface area contributed by atoms with Crippen LogP contribution in [0.1, 0.15) is 6.92 Å². The minimum atomic E-state index is -5.53. The van der Waals surface area contributed by atoms with Gasteiger partial charge < -0.3 is 5.11 Å². The lowest BCUT2D eigenvalue weighted by atomic mass is 10.1. The van der Waals surface area contributed by atoms with Crippen LogP contribution < -0.4 is 0 Å². The lowest BCUT2D eigenvalue weighted by Crippen LogP contribution is -2.54. The van der Waals surface area contributed by atoms with E-state index in [2.05, 4.69) is 0 Å². The van der Waals surface area contributed by atoms with Gasteiger partial charge in [-0.1, -0.05) is 0 Å². The third kappa shape index (κ3) is 1.65. The predicted octanol–water partition coefficient (Wildman–Crippen LogP) is 1.90. The molecule has 0 saturated heterocycles. The number of aliphatic hydroxyl groups excluding tert-OH is 1. The second-order valence-electron chi connectivity index (χ2n) is 2.33. The summed E-state index contributed by atoms with van der Waals surface area (Å²) in [5.41, 5.74) is 0. The second-order valence-corrected chi connectivity index (χ2v) is 2.33. The van der Waals surface area contributed by atoms with E-state index in [0.717, 1.165) is 0 Å². The van der Waals surface area contributed by atoms with Crippen LogP contribution in [0.15, 0.2) is 0 Å². The first-order valence-corrected chi connectivity index (χ1v) is 2.80. The Labute approximate surface area is 64.0 Å². The summed E-state index contributed by atoms with van der Waals surface area (Å²) >= 11 is 0. The second kappa shape index (κ2) is 2.79. The van der Waals surface area contributed by atoms with Crippen LogP contribution in [0.5, 0.6) is 0 Å². The van der Waals surface area contributed by atoms with Gasteiger partial charge in [0.1, 0.15) is 6.61 Å². The van der Waals surface area contributed by atoms with Gasteiger partial charge in [0, 0.05) is 6.92 Å². The molecule has 0 unspecified atom stereocenters. The SMILES string of the molecule is CC(F)(F)C(F)(F)C(F)(F)CO. The Hall–Kier alpha value is -0.460. The highest BCUT2D eigenvalue weighted by Gasteiger charge is 2.68. The van der Waals surface area contributed by atoms with Gasteiger partial charge in [-0.25, -0.2) is 0 Å². The van der Waals surface area contributed by atoms with Crippen molar-refractivity contribution < 1.29 is 31.4 Å². The molecular weight excluding hydrogens is 190 g/mol. The van der Waals surface area contributed by atoms with Crippen molar-refractivity contribution in [1.82, 2.24) is 0 Å². The summed E-state index contributed by atoms with van der Waals surface area (Å²) in [5, 5.41) is 7.73. The molecule has 7 heteroatoms. The number of rotatable bonds is 3. The van der Waals surface area contributed by atoms with Gasteiger partial charge in [-0.15, -0.1) is 0 Å². The van der Waals surface area contributed by atoms with Crippen LogP contribution in [0.25, 0.3) is 0 Å². The molecule has 12 heavy (non-hydrogen) atoms. The van der Waals surface area contributed by atoms with Gasteiger partial charge in [-0.2, -0.15) is 26.3 Å². The fourth-order valence-electron chi connectivity index (χ4n) is 0.420. The lowest BCUT2D eigenvalue weighted by molar-refractivity contribution is -0.310. The molecule has 74 valence electrons. The largest absolute Gasteiger partial charge is 0.390 e. The normalized spacial score (nSPS) is 15.0. The molecular formula is C5H6F6O. The van der Waals surface area contributed by atoms with E-state index in [1.165, 1.54) is 0 Å². The van der Waals surface area contributed by atoms with Crippen molar-refractivity contribution in [2.24, 2.45) is 0 Å². The van der Waals surface area contributed by atoms with E-state index in [1.54, 1.807) is 0 Å². The number of halogens is 6. The van der Waals surface area contributed by atoms with Crippen LogP contribution in [-0.2, 0) is 0 Å². The van der Waals surface area contributed by atoms with E-state index in [-0.39, 0.29) is 6.92 Å². The molecule has 0 aromatic carbocycles. The van der Waals surface area contributed by atoms with Gasteiger partial charge in [0.15, 0.2) is 0 Å². The van der Waals surface area contributed by atoms with Gasteiger partial charge in [0.05, 0.1) is 0 Å². The van der Waals surface area contributed by atoms with Gasteiger partial charge in [0.25, 0.3) is 0 Å². The molecule has 0 saturated carbocycles. The molecule has 0 amide bonds. The van der Waals surface area contributed by atoms with Gasteiger partial charge >= 0.3 is 17.8 Å². The zero-order chi connectivity index (χ0) is 10.2. The minimum absolute atomic E-state index is 0.337. The van der Waals surface area contributed by atoms with Crippen molar-refractivity contribution in [3.63, 3.8) is 0 Å². The van der Waals surface area contributed by atoms with Crippen LogP contribution in [0.3, 0.4) is 0 Å². The van der Waals surface area contributed by atoms with Crippen LogP contribution in [-0.4, -0.2) is 29.5 Å². The number of hydrogen-bond donors (Lipinski definition) is 1. The summed E-state index contributed by atoms with van der Waals surface area (Å²) < 4.78 is 71.7. The van der Waals surface area contributed by atoms with Crippen molar-refractivity contribution >= 4 is 0 Å². The predicted molar refractivity (Wildman–Crippen MR) is 27.6 cm³/mol. The Morgan fingerprint density at radius 1 is 1.00 bits per heavy atom. The smallest absolute Gasteiger partial charge is 0.373 e. The standard InChI is InChI=1S/C5H6F6O/c1-3(6,7)5(10,11)4(8,9)2-12/h12H,2H2,1H3. The van der Waals surface area contributed by atoms with E-state index in [4.69, 9.17) is 5.11 Å². The van der Waals surface area contributed by atoms with Crippen LogP contribution in [0.4, 0.5) is 26.3 Å². The Balaban J connectivity index is 4.85. The summed E-state index contributed by atoms with van der Waals surface area (Å²) in [5.74, 6) is -15.5. The molecule has 0 fully saturated rings. The highest BCUT2D eigenvalue weighted by molar-refractivity contribution is 4.93. The van der Waals surface area contributed by atoms with Crippen LogP contribution in [0.2, 0.25) is 0 Å². The molecule has 0 spiro atoms. The average Bonchev–Trinajstić information content (AvgIpc) is 1.85. The van der Waals surface area contributed by atoms with E-state index >= 15 is 0 Å². The molecule has 0 radical (unpaired) electrons. The lowest BCUT2D eigenvalue weighted by Gasteiger charge is -2.29. The number of alkyl halides is 6. The van der Waals surface area contributed by atoms with Gasteiger partial charge in [-0.3, -0.25) is 0 Å². The quantitative estimate of drug-likeness (QED) is 0.683. The first-order chi connectivity index (χ1) is 5.06. The monoisotopic (exact) mass is 196 g/mol. The maximum atomic E-state index is 12.0. The van der Waals surface area contributed by atoms with E-state index < -0.39 is 24.4 Å². The highest BCUT2D eigenvalue weighted by atomic mass is 19.3. The summed E-state index contributed by atoms with van der Waals surface area (Å²) in [6.07, 6.45) is 0. The molecule has 0 heterocycles. The number of hydrogen-bond acceptors (Lipinski definition) is 1. The van der Waals surface area contributed by atoms with Crippen molar-refractivity contribution in [2.75, 3.05) is 6.61 Å². The molecule has 0 aliphatic heterocycles. The van der Waals surface area contributed by atoms with Crippen molar-refractivity contribution in [3.8, 4) is 0 Å². The first kappa shape index (κ1) is 11.5. The molecule has 1 N–H and O–H groups in total. The molecule has 0 atom stereocenters. The molecule has 1 nitrogen and oxygen atoms in total. The van der Waals surface area contributed by atoms with Crippen molar-refractivity contribution in [1.29, 1.82) is 0 Å². The Kier molecular flexibility index (Phi) is 2.68. The topological polar surface area (TPSA) is 20.2 Å². The molecule has 0 aliphatic carbocycles. The summed E-state index contributed by atoms with van der Waals surface area (Å²) in [4.78, 5) is 0. The first-order valence-electron chi connectivity index (χ1n) is 2.80. The molecule has 0 aromatic rings. The van der Waals surface area contributed by atoms with Crippen molar-refractivity contribution in [2.45, 2.75) is 24.7 Å². The maximum Gasteiger partial charge on any atom is 0.373 e. The third-order valence-electron chi connectivity index (χ3n) is 1.21. The fraction of sp³-hybridized carbons (Fsp3) is 1.00. The Morgan fingerprint density at radius 3 is 1.42 bits per heavy atom. The Morgan fingerprint density at radius 2 is 1.33 bits per heavy atom. The zero-order valence-electron chi connectivity index (χ0n) is 5.92. The number of aliphatic hydroxyl groups is 1. The van der Waals surface area contributed by atoms with Crippen LogP contribution in [0, 0.1) is 0 Å². The molecule has 0 aliphatic rings. The summed E-state index contributed by atoms with van der Waals surface area (Å²) in [6, 6.07) is 0. The molecule has 0 rings (SSSR count). The van der Waals surface area contributed by atoms with E-state index in [1.807, 2.05) is 0 Å². The third-order valence-corrected chi connectivity index (χ3v) is 1.21. The van der Waals surface area contributed by atoms with Crippen LogP contribution >= 0.6 is 0 Å². The summed E-state index contributed by atoms with van der Waals surface area (Å²) in [7, 11) is 0. The molecule has 0 bridgehead atoms. The van der Waals surface area contributed by atoms with Gasteiger partial charge in [-0.05, 0) is 0 Å².